The van der Waals surface area contributed by atoms with Gasteiger partial charge < -0.3 is 15.8 Å². The molecule has 1 aromatic carbocycles. The van der Waals surface area contributed by atoms with E-state index >= 15 is 0 Å². The first-order valence-corrected chi connectivity index (χ1v) is 8.49. The summed E-state index contributed by atoms with van der Waals surface area (Å²) in [5.74, 6) is -4.12. The van der Waals surface area contributed by atoms with Gasteiger partial charge in [0.05, 0.1) is 12.2 Å². The number of nitrogens with one attached hydrogen (secondary N) is 1. The number of nitrogens with zero attached hydrogens (tertiary/aromatic N) is 1. The largest absolute Gasteiger partial charge is 0.494 e. The average Bonchev–Trinajstić information content (AvgIpc) is 2.64. The zero-order chi connectivity index (χ0) is 22.9. The molecule has 1 rings (SSSR count). The summed E-state index contributed by atoms with van der Waals surface area (Å²) in [7, 11) is 0. The summed E-state index contributed by atoms with van der Waals surface area (Å²) < 4.78 is 71.3. The van der Waals surface area contributed by atoms with Gasteiger partial charge >= 0.3 is 6.18 Å². The van der Waals surface area contributed by atoms with Crippen LogP contribution in [0.4, 0.5) is 22.0 Å². The van der Waals surface area contributed by atoms with Gasteiger partial charge in [-0.15, -0.1) is 0 Å². The molecule has 0 aliphatic heterocycles. The fraction of sp³-hybridized carbons (Fsp3) is 0.200. The zero-order valence-corrected chi connectivity index (χ0v) is 16.0. The minimum atomic E-state index is -4.56. The smallest absolute Gasteiger partial charge is 0.416 e. The number of carbonyl (C=O) groups excluding carboxylic acids is 1. The number of rotatable bonds is 9. The number of carbonyl (C=O) groups is 1. The molecule has 0 bridgehead atoms. The normalized spacial score (nSPS) is 13.1. The number of hydrogen-bond acceptors (Lipinski definition) is 3. The topological polar surface area (TPSA) is 76.7 Å². The summed E-state index contributed by atoms with van der Waals surface area (Å²) >= 11 is 0. The van der Waals surface area contributed by atoms with Gasteiger partial charge in [-0.2, -0.15) is 18.2 Å². The lowest BCUT2D eigenvalue weighted by molar-refractivity contribution is -0.138. The lowest BCUT2D eigenvalue weighted by atomic mass is 10.1. The van der Waals surface area contributed by atoms with Crippen LogP contribution in [0.1, 0.15) is 18.1 Å². The molecule has 0 spiro atoms. The molecule has 162 valence electrons. The van der Waals surface area contributed by atoms with Crippen molar-refractivity contribution in [3.63, 3.8) is 0 Å². The van der Waals surface area contributed by atoms with E-state index in [1.165, 1.54) is 12.1 Å². The number of ether oxygens (including phenoxy) is 1. The Labute approximate surface area is 170 Å². The first kappa shape index (κ1) is 24.6. The maximum Gasteiger partial charge on any atom is 0.416 e. The Hall–Kier alpha value is -3.43. The third-order valence-electron chi connectivity index (χ3n) is 3.49. The molecule has 0 atom stereocenters. The highest BCUT2D eigenvalue weighted by Gasteiger charge is 2.33. The number of hydrogen-bond donors (Lipinski definition) is 2. The molecule has 0 radical (unpaired) electrons. The Morgan fingerprint density at radius 2 is 2.00 bits per heavy atom. The van der Waals surface area contributed by atoms with E-state index in [1.807, 2.05) is 0 Å². The molecule has 1 aromatic rings. The maximum atomic E-state index is 13.5. The third-order valence-corrected chi connectivity index (χ3v) is 3.49. The van der Waals surface area contributed by atoms with Gasteiger partial charge in [-0.3, -0.25) is 4.79 Å². The second-order valence-electron chi connectivity index (χ2n) is 5.64. The van der Waals surface area contributed by atoms with Crippen molar-refractivity contribution in [1.82, 2.24) is 5.32 Å². The van der Waals surface area contributed by atoms with Crippen LogP contribution in [0.5, 0.6) is 5.75 Å². The van der Waals surface area contributed by atoms with E-state index < -0.39 is 40.7 Å². The molecule has 3 N–H and O–H groups in total. The van der Waals surface area contributed by atoms with Crippen LogP contribution in [0, 0.1) is 0 Å². The van der Waals surface area contributed by atoms with E-state index in [-0.39, 0.29) is 24.5 Å². The van der Waals surface area contributed by atoms with Gasteiger partial charge in [-0.25, -0.2) is 8.78 Å². The number of alkyl halides is 3. The number of amides is 1. The first-order chi connectivity index (χ1) is 14.0. The highest BCUT2D eigenvalue weighted by molar-refractivity contribution is 6.07. The summed E-state index contributed by atoms with van der Waals surface area (Å²) in [6, 6.07) is 3.37. The van der Waals surface area contributed by atoms with Gasteiger partial charge in [-0.1, -0.05) is 13.2 Å². The molecule has 0 saturated heterocycles. The van der Waals surface area contributed by atoms with E-state index in [1.54, 1.807) is 6.92 Å². The molecule has 0 fully saturated rings. The van der Waals surface area contributed by atoms with Crippen LogP contribution in [-0.4, -0.2) is 18.3 Å². The molecule has 0 unspecified atom stereocenters. The fourth-order valence-corrected chi connectivity index (χ4v) is 2.22. The van der Waals surface area contributed by atoms with Gasteiger partial charge in [0.25, 0.3) is 5.91 Å². The fourth-order valence-electron chi connectivity index (χ4n) is 2.22. The molecule has 5 nitrogen and oxygen atoms in total. The van der Waals surface area contributed by atoms with Crippen LogP contribution in [0.3, 0.4) is 0 Å². The Morgan fingerprint density at radius 3 is 2.53 bits per heavy atom. The molecular weight excluding hydrogens is 409 g/mol. The number of allylic oxidation sites excluding steroid dienone is 2. The molecule has 10 heteroatoms. The minimum Gasteiger partial charge on any atom is -0.494 e. The summed E-state index contributed by atoms with van der Waals surface area (Å²) in [6.45, 7) is 7.64. The zero-order valence-electron chi connectivity index (χ0n) is 16.0. The Bertz CT molecular complexity index is 902. The Balaban J connectivity index is 2.94. The van der Waals surface area contributed by atoms with Crippen LogP contribution >= 0.6 is 0 Å². The van der Waals surface area contributed by atoms with Crippen LogP contribution in [0.2, 0.25) is 0 Å². The van der Waals surface area contributed by atoms with Crippen molar-refractivity contribution in [3.8, 4) is 5.75 Å². The van der Waals surface area contributed by atoms with Crippen molar-refractivity contribution in [2.24, 2.45) is 10.7 Å². The van der Waals surface area contributed by atoms with Crippen molar-refractivity contribution in [2.75, 3.05) is 6.61 Å². The quantitative estimate of drug-likeness (QED) is 0.200. The van der Waals surface area contributed by atoms with Gasteiger partial charge in [0.15, 0.2) is 0 Å². The van der Waals surface area contributed by atoms with Crippen LogP contribution in [0.25, 0.3) is 0 Å². The second kappa shape index (κ2) is 10.9. The highest BCUT2D eigenvalue weighted by Crippen LogP contribution is 2.33. The van der Waals surface area contributed by atoms with Crippen LogP contribution in [-0.2, 0) is 17.5 Å². The van der Waals surface area contributed by atoms with Crippen LogP contribution < -0.4 is 15.8 Å². The SMILES string of the molecule is C=C/C(F)=C(\C(=C)F)C(=O)N=C(N)/C=C\NCc1cc(OCC)ccc1C(F)(F)F. The lowest BCUT2D eigenvalue weighted by Gasteiger charge is -2.14. The highest BCUT2D eigenvalue weighted by atomic mass is 19.4. The predicted molar refractivity (Wildman–Crippen MR) is 104 cm³/mol. The standard InChI is InChI=1S/C20H20F5N3O2/c1-4-16(22)18(12(3)21)19(29)28-17(26)8-9-27-11-13-10-14(30-5-2)6-7-15(13)20(23,24)25/h4,6-10,27H,1,3,5,11H2,2H3,(H2,26,28,29)/b9-8-,18-16-. The summed E-state index contributed by atoms with van der Waals surface area (Å²) in [6.07, 6.45) is -1.78. The monoisotopic (exact) mass is 429 g/mol. The Kier molecular flexibility index (Phi) is 8.97. The average molecular weight is 429 g/mol. The van der Waals surface area contributed by atoms with Crippen molar-refractivity contribution >= 4 is 11.7 Å². The van der Waals surface area contributed by atoms with Crippen molar-refractivity contribution in [1.29, 1.82) is 0 Å². The number of amidine groups is 1. The molecule has 0 heterocycles. The minimum absolute atomic E-state index is 0.0864. The number of nitrogens with two attached hydrogens (primary N) is 1. The van der Waals surface area contributed by atoms with Crippen molar-refractivity contribution in [3.05, 3.63) is 78.1 Å². The predicted octanol–water partition coefficient (Wildman–Crippen LogP) is 4.48. The van der Waals surface area contributed by atoms with Gasteiger partial charge in [0.2, 0.25) is 0 Å². The molecule has 0 aliphatic carbocycles. The molecule has 1 amide bonds. The van der Waals surface area contributed by atoms with E-state index in [4.69, 9.17) is 10.5 Å². The van der Waals surface area contributed by atoms with Crippen molar-refractivity contribution < 1.29 is 31.5 Å². The van der Waals surface area contributed by atoms with E-state index in [0.29, 0.717) is 6.08 Å². The van der Waals surface area contributed by atoms with E-state index in [0.717, 1.165) is 18.3 Å². The maximum absolute atomic E-state index is 13.5. The summed E-state index contributed by atoms with van der Waals surface area (Å²) in [4.78, 5) is 15.1. The molecule has 0 aromatic heterocycles. The summed E-state index contributed by atoms with van der Waals surface area (Å²) in [5.41, 5.74) is 3.51. The summed E-state index contributed by atoms with van der Waals surface area (Å²) in [5, 5.41) is 2.57. The van der Waals surface area contributed by atoms with E-state index in [9.17, 15) is 26.7 Å². The van der Waals surface area contributed by atoms with Gasteiger partial charge in [0.1, 0.15) is 28.8 Å². The van der Waals surface area contributed by atoms with Crippen molar-refractivity contribution in [2.45, 2.75) is 19.6 Å². The molecular formula is C20H20F5N3O2. The lowest BCUT2D eigenvalue weighted by Crippen LogP contribution is -2.16. The number of benzene rings is 1. The molecule has 30 heavy (non-hydrogen) atoms. The number of halogens is 5. The second-order valence-corrected chi connectivity index (χ2v) is 5.64. The first-order valence-electron chi connectivity index (χ1n) is 8.49. The molecule has 0 saturated carbocycles. The van der Waals surface area contributed by atoms with Gasteiger partial charge in [-0.05, 0) is 42.8 Å². The van der Waals surface area contributed by atoms with Crippen LogP contribution in [0.15, 0.2) is 71.9 Å². The Morgan fingerprint density at radius 1 is 1.33 bits per heavy atom. The van der Waals surface area contributed by atoms with E-state index in [2.05, 4.69) is 23.5 Å². The van der Waals surface area contributed by atoms with Gasteiger partial charge in [0, 0.05) is 12.7 Å². The molecule has 0 aliphatic rings. The third kappa shape index (κ3) is 7.19. The number of aliphatic imine (C=N–C) groups is 1.